The van der Waals surface area contributed by atoms with Crippen molar-refractivity contribution in [2.45, 2.75) is 0 Å². The number of fused-ring (bicyclic) bond motifs is 1. The molecule has 11 heavy (non-hydrogen) atoms. The van der Waals surface area contributed by atoms with Gasteiger partial charge in [-0.25, -0.2) is 0 Å². The number of thiophene rings is 1. The molecule has 2 rings (SSSR count). The van der Waals surface area contributed by atoms with Crippen molar-refractivity contribution < 1.29 is 0 Å². The van der Waals surface area contributed by atoms with E-state index >= 15 is 0 Å². The van der Waals surface area contributed by atoms with Gasteiger partial charge in [-0.05, 0) is 22.7 Å². The van der Waals surface area contributed by atoms with Crippen LogP contribution in [0.15, 0.2) is 35.8 Å². The molecule has 0 amide bonds. The lowest BCUT2D eigenvalue weighted by Gasteiger charge is -1.80. The minimum Gasteiger partial charge on any atom is -0.144 e. The van der Waals surface area contributed by atoms with E-state index < -0.39 is 0 Å². The van der Waals surface area contributed by atoms with Gasteiger partial charge in [0.25, 0.3) is 0 Å². The van der Waals surface area contributed by atoms with Crippen LogP contribution in [-0.4, -0.2) is 0 Å². The maximum atomic E-state index is 2.14. The molecule has 0 saturated carbocycles. The lowest BCUT2D eigenvalue weighted by atomic mass is 10.3. The van der Waals surface area contributed by atoms with E-state index in [1.807, 2.05) is 12.2 Å². The van der Waals surface area contributed by atoms with E-state index in [1.165, 1.54) is 9.75 Å². The van der Waals surface area contributed by atoms with Crippen LogP contribution in [0.25, 0.3) is 12.2 Å². The molecule has 0 nitrogen and oxygen atoms in total. The molecule has 0 aliphatic heterocycles. The van der Waals surface area contributed by atoms with Crippen molar-refractivity contribution >= 4 is 23.5 Å². The lowest BCUT2D eigenvalue weighted by Crippen LogP contribution is -2.16. The fourth-order valence-electron chi connectivity index (χ4n) is 1.03. The quantitative estimate of drug-likeness (QED) is 0.538. The molecular weight excluding hydrogens is 152 g/mol. The molecule has 0 radical (unpaired) electrons. The first kappa shape index (κ1) is 6.62. The second kappa shape index (κ2) is 2.89. The minimum absolute atomic E-state index is 1.32. The summed E-state index contributed by atoms with van der Waals surface area (Å²) < 4.78 is 1.34. The first-order valence-corrected chi connectivity index (χ1v) is 4.44. The van der Waals surface area contributed by atoms with Gasteiger partial charge in [0.15, 0.2) is 0 Å². The molecule has 1 aliphatic carbocycles. The van der Waals surface area contributed by atoms with Crippen molar-refractivity contribution in [3.8, 4) is 0 Å². The van der Waals surface area contributed by atoms with Gasteiger partial charge < -0.3 is 0 Å². The summed E-state index contributed by atoms with van der Waals surface area (Å²) in [5.74, 6) is 0. The van der Waals surface area contributed by atoms with Crippen molar-refractivity contribution in [1.82, 2.24) is 0 Å². The molecular formula is C10H8S. The first-order valence-electron chi connectivity index (χ1n) is 3.56. The summed E-state index contributed by atoms with van der Waals surface area (Å²) in [6.45, 7) is 0. The fraction of sp³-hybridized carbons (Fsp3) is 0. The van der Waals surface area contributed by atoms with Crippen LogP contribution in [0, 0.1) is 0 Å². The number of hydrogen-bond acceptors (Lipinski definition) is 1. The van der Waals surface area contributed by atoms with Crippen molar-refractivity contribution in [2.24, 2.45) is 0 Å². The average Bonchev–Trinajstić information content (AvgIpc) is 2.35. The molecule has 0 spiro atoms. The second-order valence-electron chi connectivity index (χ2n) is 2.34. The Morgan fingerprint density at radius 3 is 2.64 bits per heavy atom. The zero-order valence-corrected chi connectivity index (χ0v) is 6.84. The molecule has 0 atom stereocenters. The number of allylic oxidation sites excluding steroid dienone is 4. The van der Waals surface area contributed by atoms with Gasteiger partial charge in [-0.1, -0.05) is 30.4 Å². The van der Waals surface area contributed by atoms with E-state index in [2.05, 4.69) is 35.8 Å². The third-order valence-corrected chi connectivity index (χ3v) is 2.48. The zero-order chi connectivity index (χ0) is 7.52. The van der Waals surface area contributed by atoms with E-state index in [9.17, 15) is 0 Å². The molecule has 1 aliphatic rings. The normalized spacial score (nSPS) is 26.2. The predicted octanol–water partition coefficient (Wildman–Crippen LogP) is 1.44. The van der Waals surface area contributed by atoms with E-state index in [4.69, 9.17) is 0 Å². The molecule has 0 fully saturated rings. The van der Waals surface area contributed by atoms with Gasteiger partial charge in [-0.2, -0.15) is 0 Å². The number of rotatable bonds is 0. The minimum atomic E-state index is 1.32. The molecule has 0 unspecified atom stereocenters. The Kier molecular flexibility index (Phi) is 1.74. The highest BCUT2D eigenvalue weighted by molar-refractivity contribution is 7.07. The van der Waals surface area contributed by atoms with E-state index in [0.717, 1.165) is 0 Å². The monoisotopic (exact) mass is 160 g/mol. The highest BCUT2D eigenvalue weighted by atomic mass is 32.1. The predicted molar refractivity (Wildman–Crippen MR) is 50.8 cm³/mol. The zero-order valence-electron chi connectivity index (χ0n) is 6.03. The second-order valence-corrected chi connectivity index (χ2v) is 3.29. The molecule has 1 heteroatoms. The average molecular weight is 160 g/mol. The fourth-order valence-corrected chi connectivity index (χ4v) is 1.83. The van der Waals surface area contributed by atoms with Crippen molar-refractivity contribution in [1.29, 1.82) is 0 Å². The van der Waals surface area contributed by atoms with Gasteiger partial charge >= 0.3 is 0 Å². The Bertz CT molecular complexity index is 366. The summed E-state index contributed by atoms with van der Waals surface area (Å²) in [4.78, 5) is 0. The standard InChI is InChI=1S/C10H8S/c1-2-4-6-10-9(5-3-1)7-8-11-10/h1-8H/b2-1?,3-1+,4-2+,5-3?,6-4?,9-5-,10-6+. The first-order chi connectivity index (χ1) is 5.47. The van der Waals surface area contributed by atoms with Gasteiger partial charge in [-0.15, -0.1) is 11.3 Å². The van der Waals surface area contributed by atoms with Crippen LogP contribution in [-0.2, 0) is 0 Å². The van der Waals surface area contributed by atoms with E-state index in [-0.39, 0.29) is 0 Å². The van der Waals surface area contributed by atoms with Gasteiger partial charge in [0.05, 0.1) is 0 Å². The summed E-state index contributed by atoms with van der Waals surface area (Å²) in [7, 11) is 0. The molecule has 1 aromatic heterocycles. The molecule has 1 aromatic rings. The topological polar surface area (TPSA) is 0 Å². The third kappa shape index (κ3) is 1.33. The Labute approximate surface area is 69.5 Å². The largest absolute Gasteiger partial charge is 0.144 e. The van der Waals surface area contributed by atoms with Crippen LogP contribution in [0.1, 0.15) is 0 Å². The highest BCUT2D eigenvalue weighted by Gasteiger charge is 1.84. The molecule has 54 valence electrons. The summed E-state index contributed by atoms with van der Waals surface area (Å²) >= 11 is 1.78. The van der Waals surface area contributed by atoms with Crippen LogP contribution < -0.4 is 9.75 Å². The maximum Gasteiger partial charge on any atom is 0.0342 e. The molecule has 1 heterocycles. The number of hydrogen-bond donors (Lipinski definition) is 0. The van der Waals surface area contributed by atoms with Gasteiger partial charge in [-0.3, -0.25) is 0 Å². The molecule has 0 bridgehead atoms. The summed E-state index contributed by atoms with van der Waals surface area (Å²) in [6.07, 6.45) is 12.5. The Balaban J connectivity index is 2.80. The van der Waals surface area contributed by atoms with Gasteiger partial charge in [0.1, 0.15) is 0 Å². The van der Waals surface area contributed by atoms with E-state index in [0.29, 0.717) is 0 Å². The summed E-state index contributed by atoms with van der Waals surface area (Å²) in [5, 5.41) is 3.43. The molecule has 0 aromatic carbocycles. The van der Waals surface area contributed by atoms with Crippen LogP contribution in [0.4, 0.5) is 0 Å². The highest BCUT2D eigenvalue weighted by Crippen LogP contribution is 1.87. The van der Waals surface area contributed by atoms with Crippen LogP contribution in [0.3, 0.4) is 0 Å². The lowest BCUT2D eigenvalue weighted by molar-refractivity contribution is 1.71. The van der Waals surface area contributed by atoms with Crippen molar-refractivity contribution in [3.05, 3.63) is 45.5 Å². The smallest absolute Gasteiger partial charge is 0.0342 e. The SMILES string of the molecule is C1=c2/ccs/c2=C/C=C/C=C/1. The van der Waals surface area contributed by atoms with Gasteiger partial charge in [0.2, 0.25) is 0 Å². The maximum absolute atomic E-state index is 2.14. The molecule has 0 saturated heterocycles. The Hall–Kier alpha value is -1.08. The summed E-state index contributed by atoms with van der Waals surface area (Å²) in [6, 6.07) is 2.14. The Morgan fingerprint density at radius 1 is 0.909 bits per heavy atom. The van der Waals surface area contributed by atoms with E-state index in [1.54, 1.807) is 11.3 Å². The Morgan fingerprint density at radius 2 is 1.73 bits per heavy atom. The molecule has 0 N–H and O–H groups in total. The van der Waals surface area contributed by atoms with Gasteiger partial charge in [0, 0.05) is 4.53 Å². The van der Waals surface area contributed by atoms with Crippen molar-refractivity contribution in [3.63, 3.8) is 0 Å². The van der Waals surface area contributed by atoms with Crippen LogP contribution in [0.2, 0.25) is 0 Å². The van der Waals surface area contributed by atoms with Crippen LogP contribution >= 0.6 is 11.3 Å². The van der Waals surface area contributed by atoms with Crippen LogP contribution in [0.5, 0.6) is 0 Å². The van der Waals surface area contributed by atoms with Crippen molar-refractivity contribution in [2.75, 3.05) is 0 Å². The summed E-state index contributed by atoms with van der Waals surface area (Å²) in [5.41, 5.74) is 0. The third-order valence-electron chi connectivity index (χ3n) is 1.58.